The number of nitrogens with zero attached hydrogens (tertiary/aromatic N) is 2. The van der Waals surface area contributed by atoms with Gasteiger partial charge in [0.1, 0.15) is 6.26 Å². The Morgan fingerprint density at radius 2 is 2.05 bits per heavy atom. The Balaban J connectivity index is 2.85. The number of hydrogen-bond acceptors (Lipinski definition) is 4. The third-order valence-corrected chi connectivity index (χ3v) is 2.82. The first kappa shape index (κ1) is 15.2. The third kappa shape index (κ3) is 3.82. The van der Waals surface area contributed by atoms with E-state index in [1.165, 1.54) is 6.07 Å². The molecular weight excluding hydrogens is 248 g/mol. The first-order valence-electron chi connectivity index (χ1n) is 6.14. The van der Waals surface area contributed by atoms with Crippen LogP contribution in [0.4, 0.5) is 0 Å². The number of aromatic carboxylic acids is 1. The van der Waals surface area contributed by atoms with Crippen LogP contribution < -0.4 is 0 Å². The summed E-state index contributed by atoms with van der Waals surface area (Å²) in [5, 5.41) is 8.81. The summed E-state index contributed by atoms with van der Waals surface area (Å²) in [6, 6.07) is 1.28. The molecule has 106 valence electrons. The number of amides is 1. The average Bonchev–Trinajstić information content (AvgIpc) is 2.77. The van der Waals surface area contributed by atoms with Crippen molar-refractivity contribution in [1.29, 1.82) is 0 Å². The van der Waals surface area contributed by atoms with E-state index in [1.807, 2.05) is 32.8 Å². The van der Waals surface area contributed by atoms with Crippen molar-refractivity contribution in [1.82, 2.24) is 9.80 Å². The molecule has 0 aliphatic heterocycles. The van der Waals surface area contributed by atoms with Crippen LogP contribution in [-0.4, -0.2) is 60.0 Å². The molecule has 1 rings (SSSR count). The Morgan fingerprint density at radius 1 is 1.42 bits per heavy atom. The summed E-state index contributed by atoms with van der Waals surface area (Å²) in [4.78, 5) is 26.7. The minimum absolute atomic E-state index is 0.0142. The normalized spacial score (nSPS) is 12.5. The van der Waals surface area contributed by atoms with Gasteiger partial charge >= 0.3 is 5.97 Å². The van der Waals surface area contributed by atoms with E-state index < -0.39 is 5.97 Å². The topological polar surface area (TPSA) is 74.0 Å². The van der Waals surface area contributed by atoms with Crippen molar-refractivity contribution in [2.75, 3.05) is 27.2 Å². The fourth-order valence-electron chi connectivity index (χ4n) is 1.98. The first-order valence-corrected chi connectivity index (χ1v) is 6.14. The lowest BCUT2D eigenvalue weighted by atomic mass is 10.2. The van der Waals surface area contributed by atoms with Crippen molar-refractivity contribution < 1.29 is 19.1 Å². The number of likely N-dealkylation sites (N-methyl/N-ethyl adjacent to an activating group) is 2. The maximum atomic E-state index is 12.3. The molecule has 0 aliphatic rings. The molecule has 6 nitrogen and oxygen atoms in total. The Labute approximate surface area is 112 Å². The predicted octanol–water partition coefficient (Wildman–Crippen LogP) is 1.39. The van der Waals surface area contributed by atoms with Crippen LogP contribution in [0.5, 0.6) is 0 Å². The molecule has 19 heavy (non-hydrogen) atoms. The highest BCUT2D eigenvalue weighted by molar-refractivity contribution is 5.95. The van der Waals surface area contributed by atoms with Gasteiger partial charge in [-0.2, -0.15) is 0 Å². The number of carboxylic acid groups (broad SMARTS) is 1. The van der Waals surface area contributed by atoms with Crippen LogP contribution in [0.3, 0.4) is 0 Å². The van der Waals surface area contributed by atoms with E-state index in [1.54, 1.807) is 4.90 Å². The maximum absolute atomic E-state index is 12.3. The number of carbonyl (C=O) groups is 2. The van der Waals surface area contributed by atoms with Gasteiger partial charge in [-0.05, 0) is 27.9 Å². The zero-order valence-electron chi connectivity index (χ0n) is 11.7. The summed E-state index contributed by atoms with van der Waals surface area (Å²) in [7, 11) is 3.87. The highest BCUT2D eigenvalue weighted by Crippen LogP contribution is 2.13. The minimum atomic E-state index is -1.10. The Kier molecular flexibility index (Phi) is 5.11. The van der Waals surface area contributed by atoms with Crippen LogP contribution in [0, 0.1) is 0 Å². The third-order valence-electron chi connectivity index (χ3n) is 2.82. The zero-order chi connectivity index (χ0) is 14.6. The summed E-state index contributed by atoms with van der Waals surface area (Å²) in [6.07, 6.45) is 1.08. The van der Waals surface area contributed by atoms with Crippen molar-refractivity contribution in [3.8, 4) is 0 Å². The van der Waals surface area contributed by atoms with Crippen molar-refractivity contribution in [3.63, 3.8) is 0 Å². The maximum Gasteiger partial charge on any atom is 0.338 e. The molecule has 0 saturated heterocycles. The van der Waals surface area contributed by atoms with Gasteiger partial charge in [0, 0.05) is 25.2 Å². The number of carbonyl (C=O) groups excluding carboxylic acids is 1. The molecule has 6 heteroatoms. The average molecular weight is 268 g/mol. The van der Waals surface area contributed by atoms with Crippen LogP contribution >= 0.6 is 0 Å². The lowest BCUT2D eigenvalue weighted by Gasteiger charge is -2.29. The minimum Gasteiger partial charge on any atom is -0.478 e. The molecular formula is C13H20N2O4. The van der Waals surface area contributed by atoms with E-state index in [-0.39, 0.29) is 23.3 Å². The molecule has 1 heterocycles. The summed E-state index contributed by atoms with van der Waals surface area (Å²) >= 11 is 0. The molecule has 0 spiro atoms. The van der Waals surface area contributed by atoms with E-state index in [2.05, 4.69) is 0 Å². The molecule has 0 aromatic carbocycles. The van der Waals surface area contributed by atoms with E-state index in [0.29, 0.717) is 6.54 Å². The molecule has 0 saturated carbocycles. The van der Waals surface area contributed by atoms with Gasteiger partial charge in [-0.3, -0.25) is 4.79 Å². The monoisotopic (exact) mass is 268 g/mol. The van der Waals surface area contributed by atoms with Crippen LogP contribution in [-0.2, 0) is 0 Å². The molecule has 0 fully saturated rings. The molecule has 1 N–H and O–H groups in total. The standard InChI is InChI=1S/C13H20N2O4/c1-5-15(9(2)7-14(3)4)12(16)11-6-10(8-19-11)13(17)18/h6,8-9H,5,7H2,1-4H3,(H,17,18). The van der Waals surface area contributed by atoms with Crippen molar-refractivity contribution in [2.45, 2.75) is 19.9 Å². The number of rotatable bonds is 6. The van der Waals surface area contributed by atoms with Crippen LogP contribution in [0.1, 0.15) is 34.8 Å². The molecule has 1 aromatic rings. The Hall–Kier alpha value is -1.82. The van der Waals surface area contributed by atoms with E-state index in [4.69, 9.17) is 9.52 Å². The number of carboxylic acids is 1. The van der Waals surface area contributed by atoms with Crippen molar-refractivity contribution in [2.24, 2.45) is 0 Å². The van der Waals surface area contributed by atoms with Crippen LogP contribution in [0.2, 0.25) is 0 Å². The summed E-state index contributed by atoms with van der Waals surface area (Å²) < 4.78 is 5.04. The predicted molar refractivity (Wildman–Crippen MR) is 70.4 cm³/mol. The number of furan rings is 1. The van der Waals surface area contributed by atoms with Crippen LogP contribution in [0.15, 0.2) is 16.7 Å². The molecule has 0 aliphatic carbocycles. The SMILES string of the molecule is CCN(C(=O)c1cc(C(=O)O)co1)C(C)CN(C)C. The Bertz CT molecular complexity index is 453. The van der Waals surface area contributed by atoms with E-state index >= 15 is 0 Å². The lowest BCUT2D eigenvalue weighted by Crippen LogP contribution is -2.43. The fraction of sp³-hybridized carbons (Fsp3) is 0.538. The van der Waals surface area contributed by atoms with Crippen molar-refractivity contribution in [3.05, 3.63) is 23.7 Å². The van der Waals surface area contributed by atoms with E-state index in [9.17, 15) is 9.59 Å². The smallest absolute Gasteiger partial charge is 0.338 e. The van der Waals surface area contributed by atoms with Gasteiger partial charge in [-0.15, -0.1) is 0 Å². The summed E-state index contributed by atoms with van der Waals surface area (Å²) in [5.74, 6) is -1.33. The first-order chi connectivity index (χ1) is 8.86. The lowest BCUT2D eigenvalue weighted by molar-refractivity contribution is 0.0645. The summed E-state index contributed by atoms with van der Waals surface area (Å²) in [6.45, 7) is 5.09. The highest BCUT2D eigenvalue weighted by Gasteiger charge is 2.24. The zero-order valence-corrected chi connectivity index (χ0v) is 11.7. The van der Waals surface area contributed by atoms with Crippen LogP contribution in [0.25, 0.3) is 0 Å². The highest BCUT2D eigenvalue weighted by atomic mass is 16.4. The molecule has 0 bridgehead atoms. The Morgan fingerprint density at radius 3 is 2.47 bits per heavy atom. The van der Waals surface area contributed by atoms with Gasteiger partial charge in [0.25, 0.3) is 5.91 Å². The quantitative estimate of drug-likeness (QED) is 0.844. The molecule has 1 atom stereocenters. The van der Waals surface area contributed by atoms with Gasteiger partial charge < -0.3 is 19.3 Å². The second-order valence-corrected chi connectivity index (χ2v) is 4.71. The van der Waals surface area contributed by atoms with E-state index in [0.717, 1.165) is 12.8 Å². The largest absolute Gasteiger partial charge is 0.478 e. The molecule has 1 amide bonds. The van der Waals surface area contributed by atoms with Gasteiger partial charge in [0.15, 0.2) is 5.76 Å². The molecule has 1 aromatic heterocycles. The van der Waals surface area contributed by atoms with Crippen molar-refractivity contribution >= 4 is 11.9 Å². The summed E-state index contributed by atoms with van der Waals surface area (Å²) in [5.41, 5.74) is -0.0142. The second kappa shape index (κ2) is 6.38. The van der Waals surface area contributed by atoms with Gasteiger partial charge in [-0.1, -0.05) is 0 Å². The fourth-order valence-corrected chi connectivity index (χ4v) is 1.98. The van der Waals surface area contributed by atoms with Gasteiger partial charge in [0.05, 0.1) is 5.56 Å². The molecule has 0 radical (unpaired) electrons. The molecule has 1 unspecified atom stereocenters. The van der Waals surface area contributed by atoms with Gasteiger partial charge in [-0.25, -0.2) is 4.79 Å². The number of hydrogen-bond donors (Lipinski definition) is 1. The van der Waals surface area contributed by atoms with Gasteiger partial charge in [0.2, 0.25) is 0 Å². The second-order valence-electron chi connectivity index (χ2n) is 4.71.